The maximum absolute atomic E-state index is 5.71. The summed E-state index contributed by atoms with van der Waals surface area (Å²) in [7, 11) is 0. The lowest BCUT2D eigenvalue weighted by atomic mass is 10.2. The summed E-state index contributed by atoms with van der Waals surface area (Å²) in [6.45, 7) is 8.17. The number of ether oxygens (including phenoxy) is 2. The normalized spacial score (nSPS) is 11.2. The Hall–Kier alpha value is -0.900. The molecule has 0 saturated heterocycles. The molecule has 0 atom stereocenters. The molecule has 0 aliphatic carbocycles. The molecule has 0 unspecified atom stereocenters. The molecule has 0 N–H and O–H groups in total. The van der Waals surface area contributed by atoms with Crippen LogP contribution in [0.15, 0.2) is 30.3 Å². The van der Waals surface area contributed by atoms with E-state index < -0.39 is 0 Å². The Bertz CT molecular complexity index is 304. The molecule has 0 spiro atoms. The molecule has 3 heteroatoms. The van der Waals surface area contributed by atoms with Crippen LogP contribution in [0.25, 0.3) is 0 Å². The molecular formula is C17H29NO2. The Balaban J connectivity index is 2.33. The standard InChI is InChI=1S/C17H29NO2/c1-3-5-12-19-15-18(16-20-13-6-4-2)14-17-10-8-7-9-11-17/h7-11H,3-6,12-16H2,1-2H3. The Morgan fingerprint density at radius 3 is 1.90 bits per heavy atom. The molecule has 1 aromatic rings. The van der Waals surface area contributed by atoms with Gasteiger partial charge in [-0.25, -0.2) is 0 Å². The molecule has 0 aromatic heterocycles. The van der Waals surface area contributed by atoms with Crippen LogP contribution in [0.5, 0.6) is 0 Å². The zero-order chi connectivity index (χ0) is 14.5. The summed E-state index contributed by atoms with van der Waals surface area (Å²) in [5.41, 5.74) is 1.30. The molecule has 114 valence electrons. The fourth-order valence-corrected chi connectivity index (χ4v) is 1.85. The summed E-state index contributed by atoms with van der Waals surface area (Å²) in [5, 5.41) is 0. The molecule has 0 saturated carbocycles. The second-order valence-electron chi connectivity index (χ2n) is 5.10. The van der Waals surface area contributed by atoms with Gasteiger partial charge in [-0.1, -0.05) is 57.0 Å². The van der Waals surface area contributed by atoms with E-state index in [0.29, 0.717) is 13.5 Å². The van der Waals surface area contributed by atoms with Gasteiger partial charge >= 0.3 is 0 Å². The van der Waals surface area contributed by atoms with E-state index in [1.54, 1.807) is 0 Å². The van der Waals surface area contributed by atoms with E-state index in [1.165, 1.54) is 18.4 Å². The van der Waals surface area contributed by atoms with E-state index in [-0.39, 0.29) is 0 Å². The summed E-state index contributed by atoms with van der Waals surface area (Å²) < 4.78 is 11.4. The van der Waals surface area contributed by atoms with Gasteiger partial charge in [0.25, 0.3) is 0 Å². The summed E-state index contributed by atoms with van der Waals surface area (Å²) in [4.78, 5) is 2.21. The Kier molecular flexibility index (Phi) is 10.2. The Morgan fingerprint density at radius 2 is 1.40 bits per heavy atom. The number of unbranched alkanes of at least 4 members (excludes halogenated alkanes) is 2. The van der Waals surface area contributed by atoms with Crippen molar-refractivity contribution in [2.24, 2.45) is 0 Å². The van der Waals surface area contributed by atoms with Crippen molar-refractivity contribution in [1.82, 2.24) is 4.90 Å². The van der Waals surface area contributed by atoms with Crippen LogP contribution in [-0.4, -0.2) is 31.6 Å². The van der Waals surface area contributed by atoms with Crippen molar-refractivity contribution in [3.05, 3.63) is 35.9 Å². The Labute approximate surface area is 123 Å². The van der Waals surface area contributed by atoms with Crippen molar-refractivity contribution < 1.29 is 9.47 Å². The van der Waals surface area contributed by atoms with Gasteiger partial charge in [0.1, 0.15) is 13.5 Å². The predicted octanol–water partition coefficient (Wildman–Crippen LogP) is 4.04. The maximum atomic E-state index is 5.71. The fraction of sp³-hybridized carbons (Fsp3) is 0.647. The van der Waals surface area contributed by atoms with Crippen molar-refractivity contribution in [2.45, 2.75) is 46.1 Å². The number of hydrogen-bond acceptors (Lipinski definition) is 3. The molecule has 0 aliphatic heterocycles. The van der Waals surface area contributed by atoms with Crippen molar-refractivity contribution in [3.8, 4) is 0 Å². The summed E-state index contributed by atoms with van der Waals surface area (Å²) in [6.07, 6.45) is 4.59. The van der Waals surface area contributed by atoms with Crippen LogP contribution >= 0.6 is 0 Å². The lowest BCUT2D eigenvalue weighted by Crippen LogP contribution is -2.29. The average molecular weight is 279 g/mol. The van der Waals surface area contributed by atoms with Crippen molar-refractivity contribution in [3.63, 3.8) is 0 Å². The molecular weight excluding hydrogens is 250 g/mol. The van der Waals surface area contributed by atoms with Gasteiger partial charge in [0.05, 0.1) is 0 Å². The molecule has 1 rings (SSSR count). The minimum Gasteiger partial charge on any atom is -0.366 e. The number of rotatable bonds is 12. The first-order valence-electron chi connectivity index (χ1n) is 7.78. The predicted molar refractivity (Wildman–Crippen MR) is 83.4 cm³/mol. The molecule has 20 heavy (non-hydrogen) atoms. The zero-order valence-electron chi connectivity index (χ0n) is 13.0. The fourth-order valence-electron chi connectivity index (χ4n) is 1.85. The van der Waals surface area contributed by atoms with Gasteiger partial charge in [-0.05, 0) is 18.4 Å². The van der Waals surface area contributed by atoms with E-state index in [9.17, 15) is 0 Å². The highest BCUT2D eigenvalue weighted by atomic mass is 16.5. The summed E-state index contributed by atoms with van der Waals surface area (Å²) in [6, 6.07) is 10.5. The topological polar surface area (TPSA) is 21.7 Å². The van der Waals surface area contributed by atoms with Gasteiger partial charge in [-0.3, -0.25) is 4.90 Å². The first-order valence-corrected chi connectivity index (χ1v) is 7.78. The minimum absolute atomic E-state index is 0.640. The lowest BCUT2D eigenvalue weighted by molar-refractivity contribution is -0.0504. The van der Waals surface area contributed by atoms with Crippen LogP contribution in [0.4, 0.5) is 0 Å². The highest BCUT2D eigenvalue weighted by molar-refractivity contribution is 5.14. The third-order valence-electron chi connectivity index (χ3n) is 3.08. The molecule has 1 aromatic carbocycles. The minimum atomic E-state index is 0.640. The van der Waals surface area contributed by atoms with Crippen LogP contribution < -0.4 is 0 Å². The molecule has 3 nitrogen and oxygen atoms in total. The molecule has 0 aliphatic rings. The van der Waals surface area contributed by atoms with E-state index >= 15 is 0 Å². The molecule has 0 radical (unpaired) electrons. The van der Waals surface area contributed by atoms with Gasteiger partial charge in [0.15, 0.2) is 0 Å². The van der Waals surface area contributed by atoms with Crippen molar-refractivity contribution in [1.29, 1.82) is 0 Å². The van der Waals surface area contributed by atoms with Crippen LogP contribution in [0.3, 0.4) is 0 Å². The molecule has 0 amide bonds. The number of benzene rings is 1. The quantitative estimate of drug-likeness (QED) is 0.426. The largest absolute Gasteiger partial charge is 0.366 e. The van der Waals surface area contributed by atoms with Gasteiger partial charge in [-0.2, -0.15) is 0 Å². The first-order chi connectivity index (χ1) is 9.86. The second kappa shape index (κ2) is 11.9. The number of nitrogens with zero attached hydrogens (tertiary/aromatic N) is 1. The van der Waals surface area contributed by atoms with Crippen LogP contribution in [0, 0.1) is 0 Å². The van der Waals surface area contributed by atoms with E-state index in [4.69, 9.17) is 9.47 Å². The summed E-state index contributed by atoms with van der Waals surface area (Å²) in [5.74, 6) is 0. The maximum Gasteiger partial charge on any atom is 0.101 e. The molecule has 0 heterocycles. The van der Waals surface area contributed by atoms with E-state index in [1.807, 2.05) is 6.07 Å². The summed E-state index contributed by atoms with van der Waals surface area (Å²) >= 11 is 0. The van der Waals surface area contributed by atoms with Gasteiger partial charge < -0.3 is 9.47 Å². The third-order valence-corrected chi connectivity index (χ3v) is 3.08. The van der Waals surface area contributed by atoms with Crippen molar-refractivity contribution in [2.75, 3.05) is 26.7 Å². The first kappa shape index (κ1) is 17.2. The highest BCUT2D eigenvalue weighted by Crippen LogP contribution is 2.05. The SMILES string of the molecule is CCCCOCN(COCCCC)Cc1ccccc1. The second-order valence-corrected chi connectivity index (χ2v) is 5.10. The lowest BCUT2D eigenvalue weighted by Gasteiger charge is -2.22. The van der Waals surface area contributed by atoms with Crippen LogP contribution in [0.1, 0.15) is 45.1 Å². The van der Waals surface area contributed by atoms with Gasteiger partial charge in [0.2, 0.25) is 0 Å². The van der Waals surface area contributed by atoms with Crippen LogP contribution in [-0.2, 0) is 16.0 Å². The number of hydrogen-bond donors (Lipinski definition) is 0. The van der Waals surface area contributed by atoms with Crippen molar-refractivity contribution >= 4 is 0 Å². The van der Waals surface area contributed by atoms with Gasteiger partial charge in [0, 0.05) is 19.8 Å². The van der Waals surface area contributed by atoms with E-state index in [2.05, 4.69) is 43.0 Å². The molecule has 0 bridgehead atoms. The average Bonchev–Trinajstić information content (AvgIpc) is 2.49. The zero-order valence-corrected chi connectivity index (χ0v) is 13.0. The van der Waals surface area contributed by atoms with Crippen LogP contribution in [0.2, 0.25) is 0 Å². The monoisotopic (exact) mass is 279 g/mol. The van der Waals surface area contributed by atoms with Gasteiger partial charge in [-0.15, -0.1) is 0 Å². The Morgan fingerprint density at radius 1 is 0.850 bits per heavy atom. The van der Waals surface area contributed by atoms with E-state index in [0.717, 1.165) is 32.6 Å². The third kappa shape index (κ3) is 8.31. The smallest absolute Gasteiger partial charge is 0.101 e. The highest BCUT2D eigenvalue weighted by Gasteiger charge is 2.06. The molecule has 0 fully saturated rings.